The zero-order valence-corrected chi connectivity index (χ0v) is 10.9. The lowest BCUT2D eigenvalue weighted by Crippen LogP contribution is -2.34. The molecule has 0 spiro atoms. The van der Waals surface area contributed by atoms with Crippen LogP contribution in [0.3, 0.4) is 0 Å². The number of rotatable bonds is 3. The summed E-state index contributed by atoms with van der Waals surface area (Å²) in [6, 6.07) is 2.20. The van der Waals surface area contributed by atoms with E-state index >= 15 is 0 Å². The number of anilines is 1. The van der Waals surface area contributed by atoms with Gasteiger partial charge in [0.1, 0.15) is 5.82 Å². The molecule has 0 saturated carbocycles. The minimum absolute atomic E-state index is 0.0545. The molecule has 1 aliphatic heterocycles. The van der Waals surface area contributed by atoms with Gasteiger partial charge in [0, 0.05) is 19.3 Å². The van der Waals surface area contributed by atoms with Crippen molar-refractivity contribution in [3.05, 3.63) is 23.9 Å². The average molecular weight is 288 g/mol. The van der Waals surface area contributed by atoms with Gasteiger partial charge in [0.2, 0.25) is 0 Å². The monoisotopic (exact) mass is 288 g/mol. The fourth-order valence-corrected chi connectivity index (χ4v) is 2.54. The number of hydrogen-bond acceptors (Lipinski definition) is 3. The number of carbonyl (C=O) groups is 1. The van der Waals surface area contributed by atoms with Gasteiger partial charge in [-0.2, -0.15) is 13.2 Å². The van der Waals surface area contributed by atoms with Gasteiger partial charge in [0.05, 0.1) is 11.0 Å². The molecule has 1 fully saturated rings. The highest BCUT2D eigenvalue weighted by Gasteiger charge is 2.45. The van der Waals surface area contributed by atoms with Gasteiger partial charge >= 0.3 is 12.1 Å². The van der Waals surface area contributed by atoms with E-state index in [9.17, 15) is 23.1 Å². The predicted octanol–water partition coefficient (Wildman–Crippen LogP) is 2.79. The molecule has 110 valence electrons. The average Bonchev–Trinajstić information content (AvgIpc) is 2.83. The highest BCUT2D eigenvalue weighted by atomic mass is 19.4. The number of halogens is 3. The summed E-state index contributed by atoms with van der Waals surface area (Å²) in [5.41, 5.74) is -1.81. The molecule has 1 saturated heterocycles. The maximum atomic E-state index is 13.0. The van der Waals surface area contributed by atoms with E-state index in [1.54, 1.807) is 6.92 Å². The maximum absolute atomic E-state index is 13.0. The molecule has 0 aromatic carbocycles. The van der Waals surface area contributed by atoms with Gasteiger partial charge in [-0.1, -0.05) is 6.92 Å². The summed E-state index contributed by atoms with van der Waals surface area (Å²) in [5, 5.41) is 9.29. The van der Waals surface area contributed by atoms with Gasteiger partial charge in [-0.3, -0.25) is 4.79 Å². The van der Waals surface area contributed by atoms with Gasteiger partial charge in [-0.25, -0.2) is 4.98 Å². The molecular formula is C13H15F3N2O2. The summed E-state index contributed by atoms with van der Waals surface area (Å²) >= 11 is 0. The summed E-state index contributed by atoms with van der Waals surface area (Å²) in [4.78, 5) is 16.6. The van der Waals surface area contributed by atoms with Crippen LogP contribution in [-0.4, -0.2) is 29.1 Å². The highest BCUT2D eigenvalue weighted by molar-refractivity contribution is 5.76. The van der Waals surface area contributed by atoms with Crippen LogP contribution < -0.4 is 4.90 Å². The molecule has 1 aromatic heterocycles. The van der Waals surface area contributed by atoms with E-state index in [1.807, 2.05) is 0 Å². The van der Waals surface area contributed by atoms with Crippen LogP contribution in [0.1, 0.15) is 25.3 Å². The number of aliphatic carboxylic acids is 1. The van der Waals surface area contributed by atoms with Gasteiger partial charge in [0.15, 0.2) is 0 Å². The Morgan fingerprint density at radius 1 is 1.55 bits per heavy atom. The summed E-state index contributed by atoms with van der Waals surface area (Å²) in [6.45, 7) is 2.06. The second kappa shape index (κ2) is 4.96. The lowest BCUT2D eigenvalue weighted by atomic mass is 9.84. The summed E-state index contributed by atoms with van der Waals surface area (Å²) in [6.07, 6.45) is -2.50. The molecule has 2 rings (SSSR count). The first-order valence-electron chi connectivity index (χ1n) is 6.31. The van der Waals surface area contributed by atoms with Crippen molar-refractivity contribution in [1.82, 2.24) is 4.98 Å². The second-order valence-corrected chi connectivity index (χ2v) is 4.98. The fraction of sp³-hybridized carbons (Fsp3) is 0.538. The highest BCUT2D eigenvalue weighted by Crippen LogP contribution is 2.40. The molecule has 2 heterocycles. The number of alkyl halides is 3. The largest absolute Gasteiger partial charge is 0.481 e. The van der Waals surface area contributed by atoms with E-state index in [2.05, 4.69) is 4.98 Å². The van der Waals surface area contributed by atoms with Gasteiger partial charge < -0.3 is 10.0 Å². The fourth-order valence-electron chi connectivity index (χ4n) is 2.54. The Kier molecular flexibility index (Phi) is 3.62. The van der Waals surface area contributed by atoms with Crippen LogP contribution in [0.15, 0.2) is 18.3 Å². The van der Waals surface area contributed by atoms with Crippen molar-refractivity contribution >= 4 is 11.8 Å². The zero-order valence-electron chi connectivity index (χ0n) is 10.9. The number of nitrogens with zero attached hydrogens (tertiary/aromatic N) is 2. The molecule has 1 aromatic rings. The molecule has 1 N–H and O–H groups in total. The van der Waals surface area contributed by atoms with E-state index < -0.39 is 23.1 Å². The van der Waals surface area contributed by atoms with Crippen LogP contribution in [0.5, 0.6) is 0 Å². The van der Waals surface area contributed by atoms with Crippen molar-refractivity contribution in [3.63, 3.8) is 0 Å². The zero-order chi connectivity index (χ0) is 15.0. The smallest absolute Gasteiger partial charge is 0.419 e. The molecule has 7 heteroatoms. The van der Waals surface area contributed by atoms with Crippen molar-refractivity contribution < 1.29 is 23.1 Å². The number of hydrogen-bond donors (Lipinski definition) is 1. The Hall–Kier alpha value is -1.79. The second-order valence-electron chi connectivity index (χ2n) is 4.98. The van der Waals surface area contributed by atoms with Crippen molar-refractivity contribution in [1.29, 1.82) is 0 Å². The van der Waals surface area contributed by atoms with E-state index in [0.717, 1.165) is 6.07 Å². The van der Waals surface area contributed by atoms with Crippen molar-refractivity contribution in [2.75, 3.05) is 18.0 Å². The topological polar surface area (TPSA) is 53.4 Å². The third kappa shape index (κ3) is 2.44. The minimum Gasteiger partial charge on any atom is -0.481 e. The lowest BCUT2D eigenvalue weighted by Gasteiger charge is -2.25. The minimum atomic E-state index is -4.50. The molecule has 0 amide bonds. The normalized spacial score (nSPS) is 23.1. The molecule has 1 aliphatic rings. The Labute approximate surface area is 114 Å². The lowest BCUT2D eigenvalue weighted by molar-refractivity contribution is -0.147. The molecule has 0 aliphatic carbocycles. The van der Waals surface area contributed by atoms with Crippen molar-refractivity contribution in [2.24, 2.45) is 5.41 Å². The van der Waals surface area contributed by atoms with Gasteiger partial charge in [-0.15, -0.1) is 0 Å². The molecule has 4 nitrogen and oxygen atoms in total. The number of pyridine rings is 1. The van der Waals surface area contributed by atoms with Crippen LogP contribution in [0, 0.1) is 5.41 Å². The maximum Gasteiger partial charge on any atom is 0.419 e. The van der Waals surface area contributed by atoms with Crippen LogP contribution in [0.2, 0.25) is 0 Å². The Balaban J connectivity index is 2.34. The van der Waals surface area contributed by atoms with E-state index in [0.29, 0.717) is 12.8 Å². The van der Waals surface area contributed by atoms with Crippen LogP contribution in [-0.2, 0) is 11.0 Å². The van der Waals surface area contributed by atoms with Crippen LogP contribution >= 0.6 is 0 Å². The first-order chi connectivity index (χ1) is 9.30. The van der Waals surface area contributed by atoms with Gasteiger partial charge in [-0.05, 0) is 25.0 Å². The first-order valence-corrected chi connectivity index (χ1v) is 6.31. The standard InChI is InChI=1S/C13H15F3N2O2/c1-2-12(11(19)20)5-7-18(8-12)10-9(13(14,15)16)4-3-6-17-10/h3-4,6H,2,5,7-8H2,1H3,(H,19,20). The van der Waals surface area contributed by atoms with Crippen LogP contribution in [0.4, 0.5) is 19.0 Å². The Morgan fingerprint density at radius 2 is 2.25 bits per heavy atom. The third-order valence-electron chi connectivity index (χ3n) is 3.88. The molecule has 0 radical (unpaired) electrons. The van der Waals surface area contributed by atoms with Gasteiger partial charge in [0.25, 0.3) is 0 Å². The number of carboxylic acid groups (broad SMARTS) is 1. The SMILES string of the molecule is CCC1(C(=O)O)CCN(c2ncccc2C(F)(F)F)C1. The quantitative estimate of drug-likeness (QED) is 0.929. The predicted molar refractivity (Wildman–Crippen MR) is 66.4 cm³/mol. The molecule has 1 atom stereocenters. The first kappa shape index (κ1) is 14.6. The van der Waals surface area contributed by atoms with Crippen LogP contribution in [0.25, 0.3) is 0 Å². The molecule has 0 bridgehead atoms. The summed E-state index contributed by atoms with van der Waals surface area (Å²) in [7, 11) is 0. The van der Waals surface area contributed by atoms with Crippen molar-refractivity contribution in [2.45, 2.75) is 25.9 Å². The van der Waals surface area contributed by atoms with E-state index in [-0.39, 0.29) is 18.9 Å². The summed E-state index contributed by atoms with van der Waals surface area (Å²) < 4.78 is 38.9. The number of aromatic nitrogens is 1. The molecule has 1 unspecified atom stereocenters. The third-order valence-corrected chi connectivity index (χ3v) is 3.88. The number of carboxylic acids is 1. The van der Waals surface area contributed by atoms with Crippen molar-refractivity contribution in [3.8, 4) is 0 Å². The summed E-state index contributed by atoms with van der Waals surface area (Å²) in [5.74, 6) is -1.15. The van der Waals surface area contributed by atoms with E-state index in [4.69, 9.17) is 0 Å². The van der Waals surface area contributed by atoms with E-state index in [1.165, 1.54) is 17.2 Å². The Morgan fingerprint density at radius 3 is 2.75 bits per heavy atom. The molecule has 20 heavy (non-hydrogen) atoms. The molecular weight excluding hydrogens is 273 g/mol. The Bertz CT molecular complexity index is 519.